The van der Waals surface area contributed by atoms with Crippen LogP contribution in [0.2, 0.25) is 0 Å². The van der Waals surface area contributed by atoms with E-state index in [-0.39, 0.29) is 41.8 Å². The molecule has 2 aromatic heterocycles. The fourth-order valence-electron chi connectivity index (χ4n) is 4.52. The van der Waals surface area contributed by atoms with E-state index in [0.717, 1.165) is 6.07 Å². The van der Waals surface area contributed by atoms with Crippen molar-refractivity contribution in [1.29, 1.82) is 5.26 Å². The third-order valence-corrected chi connectivity index (χ3v) is 6.60. The Labute approximate surface area is 225 Å². The van der Waals surface area contributed by atoms with Gasteiger partial charge in [0, 0.05) is 24.7 Å². The molecule has 3 heterocycles. The lowest BCUT2D eigenvalue weighted by Gasteiger charge is -2.36. The lowest BCUT2D eigenvalue weighted by Crippen LogP contribution is -2.61. The van der Waals surface area contributed by atoms with Crippen molar-refractivity contribution in [2.45, 2.75) is 18.8 Å². The second-order valence-corrected chi connectivity index (χ2v) is 9.18. The molecule has 0 bridgehead atoms. The van der Waals surface area contributed by atoms with Gasteiger partial charge in [-0.05, 0) is 53.1 Å². The molecule has 5 rings (SSSR count). The first-order chi connectivity index (χ1) is 19.1. The van der Waals surface area contributed by atoms with Gasteiger partial charge in [-0.3, -0.25) is 19.6 Å². The third kappa shape index (κ3) is 4.87. The number of pyridine rings is 1. The zero-order chi connectivity index (χ0) is 28.6. The van der Waals surface area contributed by atoms with E-state index in [2.05, 4.69) is 26.2 Å². The van der Waals surface area contributed by atoms with Crippen LogP contribution in [-0.4, -0.2) is 52.0 Å². The molecular formula is C27H21F3N8O2. The molecule has 13 heteroatoms. The minimum Gasteiger partial charge on any atom is -0.355 e. The van der Waals surface area contributed by atoms with E-state index in [1.807, 2.05) is 0 Å². The normalized spacial score (nSPS) is 14.9. The van der Waals surface area contributed by atoms with Gasteiger partial charge in [-0.1, -0.05) is 12.1 Å². The van der Waals surface area contributed by atoms with Crippen LogP contribution in [0.25, 0.3) is 22.5 Å². The Bertz CT molecular complexity index is 1650. The standard InChI is InChI=1S/C27H21F3N8O2/c1-37(11-20-16(13-39)3-2-4-21(20)27(28,29)30)23-8-17(9-24(35-23)38-12-22(32)26(38)40)19-7-15(10-31)5-6-18(19)25-33-14-34-36-25/h2-9,13-14,22H,11-12,32H2,1H3,(H,33,34,36). The molecule has 0 saturated carbocycles. The topological polar surface area (TPSA) is 145 Å². The molecule has 1 amide bonds. The average molecular weight is 547 g/mol. The number of amides is 1. The van der Waals surface area contributed by atoms with Crippen LogP contribution in [-0.2, 0) is 17.5 Å². The Morgan fingerprint density at radius 2 is 2.02 bits per heavy atom. The van der Waals surface area contributed by atoms with Crippen LogP contribution in [0, 0.1) is 11.3 Å². The largest absolute Gasteiger partial charge is 0.416 e. The molecular weight excluding hydrogens is 525 g/mol. The number of alkyl halides is 3. The van der Waals surface area contributed by atoms with Gasteiger partial charge in [-0.25, -0.2) is 9.97 Å². The number of carbonyl (C=O) groups is 2. The molecule has 1 aliphatic rings. The van der Waals surface area contributed by atoms with Gasteiger partial charge in [0.05, 0.1) is 23.7 Å². The minimum atomic E-state index is -4.68. The molecule has 4 aromatic rings. The van der Waals surface area contributed by atoms with Crippen molar-refractivity contribution in [3.63, 3.8) is 0 Å². The molecule has 2 aromatic carbocycles. The fraction of sp³-hybridized carbons (Fsp3) is 0.185. The van der Waals surface area contributed by atoms with Crippen molar-refractivity contribution >= 4 is 23.8 Å². The van der Waals surface area contributed by atoms with Crippen LogP contribution in [0.4, 0.5) is 24.8 Å². The molecule has 1 saturated heterocycles. The van der Waals surface area contributed by atoms with E-state index in [1.54, 1.807) is 30.3 Å². The van der Waals surface area contributed by atoms with E-state index in [1.165, 1.54) is 35.3 Å². The van der Waals surface area contributed by atoms with Gasteiger partial charge in [0.15, 0.2) is 5.82 Å². The second-order valence-electron chi connectivity index (χ2n) is 9.18. The summed E-state index contributed by atoms with van der Waals surface area (Å²) in [5.74, 6) is 0.520. The first-order valence-corrected chi connectivity index (χ1v) is 12.0. The number of H-pyrrole nitrogens is 1. The zero-order valence-electron chi connectivity index (χ0n) is 21.0. The Balaban J connectivity index is 1.65. The molecule has 1 unspecified atom stereocenters. The maximum atomic E-state index is 13.8. The minimum absolute atomic E-state index is 0.101. The number of halogens is 3. The van der Waals surface area contributed by atoms with Gasteiger partial charge in [-0.2, -0.15) is 23.5 Å². The lowest BCUT2D eigenvalue weighted by molar-refractivity contribution is -0.138. The number of benzene rings is 2. The summed E-state index contributed by atoms with van der Waals surface area (Å²) >= 11 is 0. The molecule has 10 nitrogen and oxygen atoms in total. The van der Waals surface area contributed by atoms with Crippen LogP contribution in [0.5, 0.6) is 0 Å². The Kier molecular flexibility index (Phi) is 6.78. The SMILES string of the molecule is CN(Cc1c(C=O)cccc1C(F)(F)F)c1cc(-c2cc(C#N)ccc2-c2ncn[nH]2)cc(N2CC(N)C2=O)n1. The predicted molar refractivity (Wildman–Crippen MR) is 139 cm³/mol. The second kappa shape index (κ2) is 10.2. The van der Waals surface area contributed by atoms with Gasteiger partial charge < -0.3 is 10.6 Å². The Hall–Kier alpha value is -5.09. The zero-order valence-corrected chi connectivity index (χ0v) is 21.0. The van der Waals surface area contributed by atoms with E-state index in [4.69, 9.17) is 5.73 Å². The maximum absolute atomic E-state index is 13.8. The number of aromatic nitrogens is 4. The highest BCUT2D eigenvalue weighted by atomic mass is 19.4. The van der Waals surface area contributed by atoms with Crippen LogP contribution in [0.15, 0.2) is 54.9 Å². The van der Waals surface area contributed by atoms with Crippen molar-refractivity contribution in [2.75, 3.05) is 23.4 Å². The average Bonchev–Trinajstić information content (AvgIpc) is 3.49. The molecule has 202 valence electrons. The third-order valence-electron chi connectivity index (χ3n) is 6.60. The smallest absolute Gasteiger partial charge is 0.355 e. The van der Waals surface area contributed by atoms with Crippen LogP contribution in [0.1, 0.15) is 27.0 Å². The summed E-state index contributed by atoms with van der Waals surface area (Å²) < 4.78 is 41.4. The molecule has 1 atom stereocenters. The van der Waals surface area contributed by atoms with E-state index < -0.39 is 17.8 Å². The number of nitrogens with two attached hydrogens (primary N) is 1. The number of aldehydes is 1. The van der Waals surface area contributed by atoms with Gasteiger partial charge in [0.1, 0.15) is 30.3 Å². The van der Waals surface area contributed by atoms with Crippen molar-refractivity contribution in [1.82, 2.24) is 20.2 Å². The highest BCUT2D eigenvalue weighted by Crippen LogP contribution is 2.37. The Morgan fingerprint density at radius 1 is 1.23 bits per heavy atom. The number of β-lactam (4-membered cyclic amide) rings is 1. The molecule has 40 heavy (non-hydrogen) atoms. The number of nitrogens with one attached hydrogen (secondary N) is 1. The highest BCUT2D eigenvalue weighted by molar-refractivity contribution is 6.03. The van der Waals surface area contributed by atoms with Gasteiger partial charge >= 0.3 is 6.18 Å². The summed E-state index contributed by atoms with van der Waals surface area (Å²) in [6.07, 6.45) is -2.97. The summed E-state index contributed by atoms with van der Waals surface area (Å²) in [6, 6.07) is 13.0. The first-order valence-electron chi connectivity index (χ1n) is 12.0. The predicted octanol–water partition coefficient (Wildman–Crippen LogP) is 3.55. The van der Waals surface area contributed by atoms with Gasteiger partial charge in [0.25, 0.3) is 0 Å². The number of rotatable bonds is 7. The summed E-state index contributed by atoms with van der Waals surface area (Å²) in [6.45, 7) is -0.0991. The number of aromatic amines is 1. The van der Waals surface area contributed by atoms with Crippen LogP contribution >= 0.6 is 0 Å². The summed E-state index contributed by atoms with van der Waals surface area (Å²) in [4.78, 5) is 35.7. The van der Waals surface area contributed by atoms with Crippen LogP contribution < -0.4 is 15.5 Å². The van der Waals surface area contributed by atoms with Crippen molar-refractivity contribution in [3.05, 3.63) is 77.1 Å². The number of hydrogen-bond donors (Lipinski definition) is 2. The number of anilines is 2. The number of hydrogen-bond acceptors (Lipinski definition) is 8. The quantitative estimate of drug-likeness (QED) is 0.265. The monoisotopic (exact) mass is 546 g/mol. The molecule has 0 radical (unpaired) electrons. The number of nitrogens with zero attached hydrogens (tertiary/aromatic N) is 6. The first kappa shape index (κ1) is 26.5. The lowest BCUT2D eigenvalue weighted by atomic mass is 9.96. The van der Waals surface area contributed by atoms with Gasteiger partial charge in [-0.15, -0.1) is 0 Å². The fourth-order valence-corrected chi connectivity index (χ4v) is 4.52. The summed E-state index contributed by atoms with van der Waals surface area (Å²) in [7, 11) is 1.53. The maximum Gasteiger partial charge on any atom is 0.416 e. The molecule has 1 fully saturated rings. The molecule has 3 N–H and O–H groups in total. The van der Waals surface area contributed by atoms with E-state index in [9.17, 15) is 28.0 Å². The molecule has 0 spiro atoms. The highest BCUT2D eigenvalue weighted by Gasteiger charge is 2.37. The van der Waals surface area contributed by atoms with Crippen molar-refractivity contribution < 1.29 is 22.8 Å². The molecule has 0 aliphatic carbocycles. The summed E-state index contributed by atoms with van der Waals surface area (Å²) in [5.41, 5.74) is 6.56. The molecule has 1 aliphatic heterocycles. The van der Waals surface area contributed by atoms with E-state index in [0.29, 0.717) is 34.4 Å². The van der Waals surface area contributed by atoms with E-state index >= 15 is 0 Å². The summed E-state index contributed by atoms with van der Waals surface area (Å²) in [5, 5.41) is 16.2. The van der Waals surface area contributed by atoms with Gasteiger partial charge in [0.2, 0.25) is 5.91 Å². The van der Waals surface area contributed by atoms with Crippen molar-refractivity contribution in [3.8, 4) is 28.6 Å². The number of nitriles is 1. The van der Waals surface area contributed by atoms with Crippen LogP contribution in [0.3, 0.4) is 0 Å². The Morgan fingerprint density at radius 3 is 2.65 bits per heavy atom. The number of carbonyl (C=O) groups excluding carboxylic acids is 2. The van der Waals surface area contributed by atoms with Crippen molar-refractivity contribution in [2.24, 2.45) is 5.73 Å².